The van der Waals surface area contributed by atoms with E-state index in [0.29, 0.717) is 12.1 Å². The monoisotopic (exact) mass is 202 g/mol. The highest BCUT2D eigenvalue weighted by molar-refractivity contribution is 5.99. The molecule has 0 aliphatic carbocycles. The van der Waals surface area contributed by atoms with Crippen LogP contribution in [-0.2, 0) is 11.2 Å². The number of hydrogen-bond acceptors (Lipinski definition) is 2. The van der Waals surface area contributed by atoms with Gasteiger partial charge in [0.05, 0.1) is 11.4 Å². The number of benzene rings is 1. The Labute approximate surface area is 89.2 Å². The largest absolute Gasteiger partial charge is 0.397 e. The first kappa shape index (κ1) is 9.77. The summed E-state index contributed by atoms with van der Waals surface area (Å²) in [7, 11) is 0. The number of carbonyl (C=O) groups is 1. The molecule has 0 saturated carbocycles. The van der Waals surface area contributed by atoms with Crippen molar-refractivity contribution >= 4 is 17.3 Å². The van der Waals surface area contributed by atoms with Crippen molar-refractivity contribution in [3.05, 3.63) is 36.4 Å². The maximum absolute atomic E-state index is 11.8. The molecule has 1 aromatic rings. The van der Waals surface area contributed by atoms with E-state index in [2.05, 4.69) is 6.58 Å². The summed E-state index contributed by atoms with van der Waals surface area (Å²) >= 11 is 0. The number of rotatable bonds is 2. The van der Waals surface area contributed by atoms with Crippen LogP contribution in [-0.4, -0.2) is 12.5 Å². The molecule has 1 aromatic carbocycles. The van der Waals surface area contributed by atoms with Gasteiger partial charge in [-0.2, -0.15) is 0 Å². The van der Waals surface area contributed by atoms with Gasteiger partial charge in [0.25, 0.3) is 0 Å². The Morgan fingerprint density at radius 2 is 2.40 bits per heavy atom. The van der Waals surface area contributed by atoms with E-state index in [1.54, 1.807) is 11.0 Å². The molecule has 0 radical (unpaired) electrons. The molecule has 1 aliphatic heterocycles. The van der Waals surface area contributed by atoms with Crippen LogP contribution >= 0.6 is 0 Å². The SMILES string of the molecule is C=CCC(=O)N1CCc2cccc(N)c21. The average Bonchev–Trinajstić information content (AvgIpc) is 2.63. The van der Waals surface area contributed by atoms with Crippen molar-refractivity contribution in [2.75, 3.05) is 17.2 Å². The third-order valence-corrected chi connectivity index (χ3v) is 2.65. The summed E-state index contributed by atoms with van der Waals surface area (Å²) in [6.07, 6.45) is 2.89. The molecule has 15 heavy (non-hydrogen) atoms. The highest BCUT2D eigenvalue weighted by Crippen LogP contribution is 2.33. The van der Waals surface area contributed by atoms with E-state index in [4.69, 9.17) is 5.73 Å². The van der Waals surface area contributed by atoms with Crippen LogP contribution in [0.4, 0.5) is 11.4 Å². The minimum absolute atomic E-state index is 0.0710. The summed E-state index contributed by atoms with van der Waals surface area (Å²) in [5.41, 5.74) is 8.61. The molecule has 0 bridgehead atoms. The molecule has 0 aromatic heterocycles. The summed E-state index contributed by atoms with van der Waals surface area (Å²) < 4.78 is 0. The molecule has 1 heterocycles. The molecule has 0 spiro atoms. The van der Waals surface area contributed by atoms with Gasteiger partial charge in [-0.05, 0) is 18.1 Å². The third kappa shape index (κ3) is 1.61. The van der Waals surface area contributed by atoms with Crippen LogP contribution in [0.5, 0.6) is 0 Å². The Balaban J connectivity index is 2.35. The van der Waals surface area contributed by atoms with Gasteiger partial charge in [0, 0.05) is 13.0 Å². The van der Waals surface area contributed by atoms with Gasteiger partial charge in [-0.15, -0.1) is 6.58 Å². The summed E-state index contributed by atoms with van der Waals surface area (Å²) in [5.74, 6) is 0.0710. The highest BCUT2D eigenvalue weighted by atomic mass is 16.2. The van der Waals surface area contributed by atoms with Crippen molar-refractivity contribution in [1.29, 1.82) is 0 Å². The number of carbonyl (C=O) groups excluding carboxylic acids is 1. The van der Waals surface area contributed by atoms with Gasteiger partial charge < -0.3 is 10.6 Å². The molecule has 3 heteroatoms. The van der Waals surface area contributed by atoms with Crippen LogP contribution < -0.4 is 10.6 Å². The second kappa shape index (κ2) is 3.77. The van der Waals surface area contributed by atoms with Crippen molar-refractivity contribution < 1.29 is 4.79 Å². The van der Waals surface area contributed by atoms with Crippen molar-refractivity contribution in [3.8, 4) is 0 Å². The van der Waals surface area contributed by atoms with Crippen LogP contribution in [0.15, 0.2) is 30.9 Å². The Morgan fingerprint density at radius 1 is 1.60 bits per heavy atom. The molecular formula is C12H14N2O. The Morgan fingerprint density at radius 3 is 3.13 bits per heavy atom. The number of para-hydroxylation sites is 1. The minimum atomic E-state index is 0.0710. The van der Waals surface area contributed by atoms with E-state index in [-0.39, 0.29) is 5.91 Å². The Bertz CT molecular complexity index is 412. The molecule has 2 rings (SSSR count). The number of nitrogens with two attached hydrogens (primary N) is 1. The standard InChI is InChI=1S/C12H14N2O/c1-2-4-11(15)14-8-7-9-5-3-6-10(13)12(9)14/h2-3,5-6H,1,4,7-8,13H2. The van der Waals surface area contributed by atoms with Gasteiger partial charge in [-0.1, -0.05) is 18.2 Å². The van der Waals surface area contributed by atoms with Crippen LogP contribution in [0.2, 0.25) is 0 Å². The lowest BCUT2D eigenvalue weighted by atomic mass is 10.1. The van der Waals surface area contributed by atoms with E-state index < -0.39 is 0 Å². The Kier molecular flexibility index (Phi) is 2.46. The summed E-state index contributed by atoms with van der Waals surface area (Å²) in [4.78, 5) is 13.5. The van der Waals surface area contributed by atoms with Crippen molar-refractivity contribution in [2.24, 2.45) is 0 Å². The number of amides is 1. The molecule has 0 unspecified atom stereocenters. The van der Waals surface area contributed by atoms with Gasteiger partial charge in [0.2, 0.25) is 5.91 Å². The average molecular weight is 202 g/mol. The zero-order chi connectivity index (χ0) is 10.8. The molecule has 2 N–H and O–H groups in total. The predicted octanol–water partition coefficient (Wildman–Crippen LogP) is 1.73. The molecule has 78 valence electrons. The number of hydrogen-bond donors (Lipinski definition) is 1. The van der Waals surface area contributed by atoms with Crippen LogP contribution in [0.1, 0.15) is 12.0 Å². The first-order valence-electron chi connectivity index (χ1n) is 5.02. The summed E-state index contributed by atoms with van der Waals surface area (Å²) in [5, 5.41) is 0. The number of nitrogens with zero attached hydrogens (tertiary/aromatic N) is 1. The second-order valence-corrected chi connectivity index (χ2v) is 3.64. The molecule has 0 fully saturated rings. The lowest BCUT2D eigenvalue weighted by Gasteiger charge is -2.17. The molecule has 0 atom stereocenters. The first-order valence-corrected chi connectivity index (χ1v) is 5.02. The Hall–Kier alpha value is -1.77. The zero-order valence-corrected chi connectivity index (χ0v) is 8.57. The summed E-state index contributed by atoms with van der Waals surface area (Å²) in [6, 6.07) is 5.78. The lowest BCUT2D eigenvalue weighted by Crippen LogP contribution is -2.28. The molecule has 1 amide bonds. The fourth-order valence-corrected chi connectivity index (χ4v) is 1.97. The van der Waals surface area contributed by atoms with Gasteiger partial charge in [0.15, 0.2) is 0 Å². The third-order valence-electron chi connectivity index (χ3n) is 2.65. The van der Waals surface area contributed by atoms with Crippen LogP contribution in [0, 0.1) is 0 Å². The second-order valence-electron chi connectivity index (χ2n) is 3.64. The fraction of sp³-hybridized carbons (Fsp3) is 0.250. The quantitative estimate of drug-likeness (QED) is 0.586. The van der Waals surface area contributed by atoms with Crippen LogP contribution in [0.25, 0.3) is 0 Å². The van der Waals surface area contributed by atoms with Gasteiger partial charge in [0.1, 0.15) is 0 Å². The van der Waals surface area contributed by atoms with E-state index in [1.807, 2.05) is 18.2 Å². The summed E-state index contributed by atoms with van der Waals surface area (Å²) in [6.45, 7) is 4.30. The number of nitrogen functional groups attached to an aromatic ring is 1. The van der Waals surface area contributed by atoms with E-state index >= 15 is 0 Å². The number of anilines is 2. The normalized spacial score (nSPS) is 13.7. The van der Waals surface area contributed by atoms with Gasteiger partial charge in [-0.3, -0.25) is 4.79 Å². The number of fused-ring (bicyclic) bond motifs is 1. The molecular weight excluding hydrogens is 188 g/mol. The fourth-order valence-electron chi connectivity index (χ4n) is 1.97. The predicted molar refractivity (Wildman–Crippen MR) is 61.7 cm³/mol. The van der Waals surface area contributed by atoms with Crippen molar-refractivity contribution in [2.45, 2.75) is 12.8 Å². The van der Waals surface area contributed by atoms with Crippen LogP contribution in [0.3, 0.4) is 0 Å². The maximum atomic E-state index is 11.8. The van der Waals surface area contributed by atoms with E-state index in [0.717, 1.165) is 24.2 Å². The minimum Gasteiger partial charge on any atom is -0.397 e. The molecule has 1 aliphatic rings. The lowest BCUT2D eigenvalue weighted by molar-refractivity contribution is -0.117. The van der Waals surface area contributed by atoms with Crippen molar-refractivity contribution in [3.63, 3.8) is 0 Å². The van der Waals surface area contributed by atoms with Gasteiger partial charge >= 0.3 is 0 Å². The topological polar surface area (TPSA) is 46.3 Å². The van der Waals surface area contributed by atoms with Gasteiger partial charge in [-0.25, -0.2) is 0 Å². The highest BCUT2D eigenvalue weighted by Gasteiger charge is 2.25. The zero-order valence-electron chi connectivity index (χ0n) is 8.57. The first-order chi connectivity index (χ1) is 7.24. The smallest absolute Gasteiger partial charge is 0.230 e. The molecule has 3 nitrogen and oxygen atoms in total. The van der Waals surface area contributed by atoms with Crippen molar-refractivity contribution in [1.82, 2.24) is 0 Å². The van der Waals surface area contributed by atoms with E-state index in [9.17, 15) is 4.79 Å². The maximum Gasteiger partial charge on any atom is 0.230 e. The molecule has 0 saturated heterocycles. The van der Waals surface area contributed by atoms with E-state index in [1.165, 1.54) is 0 Å².